The van der Waals surface area contributed by atoms with Crippen molar-refractivity contribution >= 4 is 35.9 Å². The fraction of sp³-hybridized carbons (Fsp3) is 0.500. The molecular weight excluding hydrogens is 355 g/mol. The number of nitrogens with one attached hydrogen (secondary N) is 1. The summed E-state index contributed by atoms with van der Waals surface area (Å²) in [6.45, 7) is 2.36. The van der Waals surface area contributed by atoms with Crippen LogP contribution in [0.15, 0.2) is 24.3 Å². The summed E-state index contributed by atoms with van der Waals surface area (Å²) in [7, 11) is 0. The summed E-state index contributed by atoms with van der Waals surface area (Å²) in [6, 6.07) is 7.09. The van der Waals surface area contributed by atoms with E-state index in [1.54, 1.807) is 24.3 Å². The maximum Gasteiger partial charge on any atom is 0.306 e. The molecule has 1 saturated heterocycles. The molecule has 0 aliphatic carbocycles. The summed E-state index contributed by atoms with van der Waals surface area (Å²) in [4.78, 5) is 24.7. The van der Waals surface area contributed by atoms with Gasteiger partial charge in [-0.2, -0.15) is 0 Å². The zero-order valence-corrected chi connectivity index (χ0v) is 14.8. The topological polar surface area (TPSA) is 78.9 Å². The highest BCUT2D eigenvalue weighted by atomic mass is 35.5. The number of carbonyl (C=O) groups is 2. The van der Waals surface area contributed by atoms with Gasteiger partial charge in [0.1, 0.15) is 12.4 Å². The summed E-state index contributed by atoms with van der Waals surface area (Å²) >= 11 is 5.85. The largest absolute Gasteiger partial charge is 0.492 e. The van der Waals surface area contributed by atoms with Gasteiger partial charge in [-0.25, -0.2) is 0 Å². The van der Waals surface area contributed by atoms with Crippen molar-refractivity contribution in [2.24, 2.45) is 5.92 Å². The maximum absolute atomic E-state index is 11.8. The van der Waals surface area contributed by atoms with Crippen molar-refractivity contribution in [3.05, 3.63) is 29.3 Å². The minimum Gasteiger partial charge on any atom is -0.492 e. The highest BCUT2D eigenvalue weighted by molar-refractivity contribution is 6.30. The molecule has 1 heterocycles. The molecule has 6 nitrogen and oxygen atoms in total. The van der Waals surface area contributed by atoms with Crippen LogP contribution in [0, 0.1) is 5.92 Å². The molecule has 1 amide bonds. The van der Waals surface area contributed by atoms with Crippen LogP contribution in [0.1, 0.15) is 12.8 Å². The number of rotatable bonds is 7. The van der Waals surface area contributed by atoms with Gasteiger partial charge in [0.05, 0.1) is 19.0 Å². The van der Waals surface area contributed by atoms with Crippen molar-refractivity contribution in [2.45, 2.75) is 12.8 Å². The molecule has 0 radical (unpaired) electrons. The standard InChI is InChI=1S/C16H21ClN2O4.ClH/c17-13-2-1-3-14(10-13)23-9-6-18-15(20)11-19-7-4-12(5-8-19)16(21)22;/h1-3,10,12H,4-9,11H2,(H,18,20)(H,21,22);1H. The molecule has 2 rings (SSSR count). The molecule has 8 heteroatoms. The first kappa shape index (κ1) is 20.5. The van der Waals surface area contributed by atoms with E-state index in [4.69, 9.17) is 21.4 Å². The van der Waals surface area contributed by atoms with Crippen LogP contribution in [0.25, 0.3) is 0 Å². The molecule has 1 fully saturated rings. The zero-order chi connectivity index (χ0) is 16.7. The number of carbonyl (C=O) groups excluding carboxylic acids is 1. The molecule has 0 bridgehead atoms. The van der Waals surface area contributed by atoms with Crippen LogP contribution in [0.2, 0.25) is 5.02 Å². The Kier molecular flexibility index (Phi) is 8.89. The van der Waals surface area contributed by atoms with Crippen LogP contribution >= 0.6 is 24.0 Å². The number of halogens is 2. The van der Waals surface area contributed by atoms with E-state index in [1.807, 2.05) is 4.90 Å². The number of likely N-dealkylation sites (tertiary alicyclic amines) is 1. The molecule has 0 unspecified atom stereocenters. The normalized spacial score (nSPS) is 15.4. The lowest BCUT2D eigenvalue weighted by Crippen LogP contribution is -2.43. The Labute approximate surface area is 152 Å². The number of hydrogen-bond acceptors (Lipinski definition) is 4. The number of benzene rings is 1. The molecule has 1 aromatic rings. The number of hydrogen-bond donors (Lipinski definition) is 2. The number of carboxylic acid groups (broad SMARTS) is 1. The Morgan fingerprint density at radius 3 is 2.67 bits per heavy atom. The van der Waals surface area contributed by atoms with Gasteiger partial charge in [-0.05, 0) is 44.1 Å². The Morgan fingerprint density at radius 2 is 2.04 bits per heavy atom. The first-order valence-electron chi connectivity index (χ1n) is 7.65. The van der Waals surface area contributed by atoms with Crippen molar-refractivity contribution in [2.75, 3.05) is 32.8 Å². The van der Waals surface area contributed by atoms with Crippen molar-refractivity contribution < 1.29 is 19.4 Å². The third-order valence-electron chi connectivity index (χ3n) is 3.79. The predicted molar refractivity (Wildman–Crippen MR) is 94.0 cm³/mol. The number of nitrogens with zero attached hydrogens (tertiary/aromatic N) is 1. The molecule has 0 spiro atoms. The second kappa shape index (κ2) is 10.4. The van der Waals surface area contributed by atoms with E-state index in [0.29, 0.717) is 56.4 Å². The minimum atomic E-state index is -0.743. The van der Waals surface area contributed by atoms with E-state index in [-0.39, 0.29) is 24.2 Å². The fourth-order valence-electron chi connectivity index (χ4n) is 2.51. The average molecular weight is 377 g/mol. The van der Waals surface area contributed by atoms with Crippen molar-refractivity contribution in [1.82, 2.24) is 10.2 Å². The van der Waals surface area contributed by atoms with Crippen molar-refractivity contribution in [3.8, 4) is 5.75 Å². The lowest BCUT2D eigenvalue weighted by Gasteiger charge is -2.29. The summed E-state index contributed by atoms with van der Waals surface area (Å²) in [5.74, 6) is -0.427. The SMILES string of the molecule is Cl.O=C(CN1CCC(C(=O)O)CC1)NCCOc1cccc(Cl)c1. The van der Waals surface area contributed by atoms with E-state index >= 15 is 0 Å². The van der Waals surface area contributed by atoms with Crippen molar-refractivity contribution in [1.29, 1.82) is 0 Å². The molecular formula is C16H22Cl2N2O4. The zero-order valence-electron chi connectivity index (χ0n) is 13.2. The number of ether oxygens (including phenoxy) is 1. The first-order valence-corrected chi connectivity index (χ1v) is 8.02. The Morgan fingerprint density at radius 1 is 1.33 bits per heavy atom. The molecule has 24 heavy (non-hydrogen) atoms. The van der Waals surface area contributed by atoms with Crippen LogP contribution in [0.4, 0.5) is 0 Å². The number of piperidine rings is 1. The highest BCUT2D eigenvalue weighted by Crippen LogP contribution is 2.17. The average Bonchev–Trinajstić information content (AvgIpc) is 2.52. The molecule has 1 aliphatic heterocycles. The van der Waals surface area contributed by atoms with Gasteiger partial charge in [0.2, 0.25) is 5.91 Å². The Balaban J connectivity index is 0.00000288. The predicted octanol–water partition coefficient (Wildman–Crippen LogP) is 2.05. The van der Waals surface area contributed by atoms with Crippen molar-refractivity contribution in [3.63, 3.8) is 0 Å². The van der Waals surface area contributed by atoms with E-state index in [0.717, 1.165) is 0 Å². The van der Waals surface area contributed by atoms with Gasteiger partial charge in [-0.15, -0.1) is 12.4 Å². The quantitative estimate of drug-likeness (QED) is 0.712. The van der Waals surface area contributed by atoms with E-state index in [2.05, 4.69) is 5.32 Å². The molecule has 1 aromatic carbocycles. The lowest BCUT2D eigenvalue weighted by molar-refractivity contribution is -0.143. The van der Waals surface area contributed by atoms with Crippen LogP contribution in [-0.2, 0) is 9.59 Å². The summed E-state index contributed by atoms with van der Waals surface area (Å²) in [6.07, 6.45) is 1.20. The molecule has 0 atom stereocenters. The van der Waals surface area contributed by atoms with Gasteiger partial charge >= 0.3 is 5.97 Å². The van der Waals surface area contributed by atoms with Crippen LogP contribution in [0.5, 0.6) is 5.75 Å². The lowest BCUT2D eigenvalue weighted by atomic mass is 9.97. The van der Waals surface area contributed by atoms with E-state index in [9.17, 15) is 9.59 Å². The third kappa shape index (κ3) is 6.95. The van der Waals surface area contributed by atoms with E-state index < -0.39 is 5.97 Å². The molecule has 2 N–H and O–H groups in total. The van der Waals surface area contributed by atoms with Gasteiger partial charge in [0, 0.05) is 5.02 Å². The monoisotopic (exact) mass is 376 g/mol. The molecule has 0 saturated carbocycles. The van der Waals surface area contributed by atoms with E-state index in [1.165, 1.54) is 0 Å². The highest BCUT2D eigenvalue weighted by Gasteiger charge is 2.25. The van der Waals surface area contributed by atoms with Gasteiger partial charge < -0.3 is 15.2 Å². The molecule has 134 valence electrons. The van der Waals surface area contributed by atoms with Crippen LogP contribution < -0.4 is 10.1 Å². The third-order valence-corrected chi connectivity index (χ3v) is 4.03. The fourth-order valence-corrected chi connectivity index (χ4v) is 2.69. The van der Waals surface area contributed by atoms with Gasteiger partial charge in [0.25, 0.3) is 0 Å². The summed E-state index contributed by atoms with van der Waals surface area (Å²) < 4.78 is 5.49. The van der Waals surface area contributed by atoms with Crippen LogP contribution in [0.3, 0.4) is 0 Å². The van der Waals surface area contributed by atoms with Gasteiger partial charge in [-0.1, -0.05) is 17.7 Å². The molecule has 1 aliphatic rings. The molecule has 0 aromatic heterocycles. The number of aliphatic carboxylic acids is 1. The van der Waals surface area contributed by atoms with Crippen LogP contribution in [-0.4, -0.2) is 54.7 Å². The second-order valence-corrected chi connectivity index (χ2v) is 5.98. The first-order chi connectivity index (χ1) is 11.0. The summed E-state index contributed by atoms with van der Waals surface area (Å²) in [5, 5.41) is 12.3. The Bertz CT molecular complexity index is 549. The smallest absolute Gasteiger partial charge is 0.306 e. The minimum absolute atomic E-state index is 0. The second-order valence-electron chi connectivity index (χ2n) is 5.54. The summed E-state index contributed by atoms with van der Waals surface area (Å²) in [5.41, 5.74) is 0. The maximum atomic E-state index is 11.8. The number of amides is 1. The Hall–Kier alpha value is -1.50. The van der Waals surface area contributed by atoms with Gasteiger partial charge in [0.15, 0.2) is 0 Å². The number of carboxylic acids is 1. The van der Waals surface area contributed by atoms with Gasteiger partial charge in [-0.3, -0.25) is 14.5 Å².